The highest BCUT2D eigenvalue weighted by atomic mass is 35.5. The van der Waals surface area contributed by atoms with E-state index in [-0.39, 0.29) is 35.9 Å². The first-order valence-electron chi connectivity index (χ1n) is 13.5. The SMILES string of the molecule is Cc1c[nH]c2c(O)cc3c(c12)[C@H](CCl)CN3C(=O)c1cc2cc(NC(=O)c3cc4cc(C(=O)NN)ccc4[nH]3)ccc2[nH]1.Cl. The Labute approximate surface area is 261 Å². The number of rotatable bonds is 5. The quantitative estimate of drug-likeness (QED) is 0.0583. The number of anilines is 2. The molecule has 0 fully saturated rings. The Bertz CT molecular complexity index is 2130. The monoisotopic (exact) mass is 631 g/mol. The second-order valence-corrected chi connectivity index (χ2v) is 11.0. The predicted molar refractivity (Wildman–Crippen MR) is 173 cm³/mol. The summed E-state index contributed by atoms with van der Waals surface area (Å²) >= 11 is 6.35. The molecule has 1 aliphatic rings. The summed E-state index contributed by atoms with van der Waals surface area (Å²) in [5, 5.41) is 15.9. The Morgan fingerprint density at radius 2 is 1.70 bits per heavy atom. The lowest BCUT2D eigenvalue weighted by Gasteiger charge is -2.17. The molecule has 3 aromatic heterocycles. The molecule has 3 aromatic carbocycles. The number of hydrogen-bond acceptors (Lipinski definition) is 5. The largest absolute Gasteiger partial charge is 0.506 e. The van der Waals surface area contributed by atoms with Gasteiger partial charge in [-0.05, 0) is 66.6 Å². The number of carbonyl (C=O) groups excluding carboxylic acids is 3. The number of aromatic nitrogens is 3. The zero-order valence-electron chi connectivity index (χ0n) is 23.2. The number of hydrogen-bond donors (Lipinski definition) is 7. The minimum atomic E-state index is -0.425. The standard InChI is InChI=1S/C31H26ClN7O4.ClH/c1-14-12-34-28-25(40)10-24-27(26(14)28)18(11-32)13-39(24)31(43)23-9-17-7-19(3-5-21(17)37-23)35-30(42)22-8-16-6-15(29(41)38-33)2-4-20(16)36-22;/h2-10,12,18,34,36-37,40H,11,13,33H2,1H3,(H,35,42)(H,38,41);1H/t18-;/m1./s1. The third-order valence-corrected chi connectivity index (χ3v) is 8.43. The average molecular weight is 633 g/mol. The maximum absolute atomic E-state index is 13.8. The Morgan fingerprint density at radius 3 is 2.45 bits per heavy atom. The van der Waals surface area contributed by atoms with Crippen LogP contribution in [-0.4, -0.2) is 50.2 Å². The van der Waals surface area contributed by atoms with Gasteiger partial charge in [-0.2, -0.15) is 0 Å². The molecule has 0 spiro atoms. The Kier molecular flexibility index (Phi) is 7.24. The fourth-order valence-corrected chi connectivity index (χ4v) is 6.24. The van der Waals surface area contributed by atoms with E-state index >= 15 is 0 Å². The fraction of sp³-hybridized carbons (Fsp3) is 0.129. The average Bonchev–Trinajstić information content (AvgIpc) is 3.79. The number of hydrazine groups is 1. The number of nitrogens with one attached hydrogen (secondary N) is 5. The molecular weight excluding hydrogens is 605 g/mol. The molecule has 0 saturated carbocycles. The Hall–Kier alpha value is -4.97. The van der Waals surface area contributed by atoms with E-state index < -0.39 is 5.91 Å². The first kappa shape index (κ1) is 29.1. The zero-order valence-corrected chi connectivity index (χ0v) is 24.8. The van der Waals surface area contributed by atoms with Crippen LogP contribution in [0.5, 0.6) is 5.75 Å². The number of aromatic amines is 3. The number of phenols is 1. The maximum atomic E-state index is 13.8. The second-order valence-electron chi connectivity index (χ2n) is 10.7. The second kappa shape index (κ2) is 10.9. The normalized spacial score (nSPS) is 14.2. The smallest absolute Gasteiger partial charge is 0.274 e. The van der Waals surface area contributed by atoms with Crippen LogP contribution in [0.1, 0.15) is 48.4 Å². The maximum Gasteiger partial charge on any atom is 0.274 e. The van der Waals surface area contributed by atoms with Crippen LogP contribution in [-0.2, 0) is 0 Å². The third-order valence-electron chi connectivity index (χ3n) is 8.05. The van der Waals surface area contributed by atoms with Crippen molar-refractivity contribution in [2.24, 2.45) is 5.84 Å². The van der Waals surface area contributed by atoms with E-state index in [0.717, 1.165) is 27.4 Å². The molecule has 8 N–H and O–H groups in total. The molecule has 0 aliphatic carbocycles. The molecule has 44 heavy (non-hydrogen) atoms. The lowest BCUT2D eigenvalue weighted by molar-refractivity contribution is 0.0951. The highest BCUT2D eigenvalue weighted by Crippen LogP contribution is 2.46. The van der Waals surface area contributed by atoms with Crippen molar-refractivity contribution < 1.29 is 19.5 Å². The number of nitrogens with two attached hydrogens (primary N) is 1. The molecule has 6 aromatic rings. The number of amides is 3. The van der Waals surface area contributed by atoms with Crippen molar-refractivity contribution in [3.63, 3.8) is 0 Å². The van der Waals surface area contributed by atoms with Gasteiger partial charge in [0.05, 0.1) is 11.2 Å². The summed E-state index contributed by atoms with van der Waals surface area (Å²) in [5.41, 5.74) is 8.34. The van der Waals surface area contributed by atoms with Gasteiger partial charge in [-0.15, -0.1) is 24.0 Å². The molecule has 1 aliphatic heterocycles. The highest BCUT2D eigenvalue weighted by molar-refractivity contribution is 6.19. The number of nitrogens with zero attached hydrogens (tertiary/aromatic N) is 1. The first-order chi connectivity index (χ1) is 20.7. The minimum Gasteiger partial charge on any atom is -0.506 e. The van der Waals surface area contributed by atoms with E-state index in [9.17, 15) is 19.5 Å². The summed E-state index contributed by atoms with van der Waals surface area (Å²) in [6, 6.07) is 15.3. The Morgan fingerprint density at radius 1 is 1.00 bits per heavy atom. The van der Waals surface area contributed by atoms with Gasteiger partial charge in [-0.25, -0.2) is 5.84 Å². The number of H-pyrrole nitrogens is 3. The van der Waals surface area contributed by atoms with E-state index in [4.69, 9.17) is 17.4 Å². The number of aromatic hydroxyl groups is 1. The number of halogens is 2. The molecule has 13 heteroatoms. The summed E-state index contributed by atoms with van der Waals surface area (Å²) in [7, 11) is 0. The molecule has 0 bridgehead atoms. The zero-order chi connectivity index (χ0) is 30.0. The molecule has 0 radical (unpaired) electrons. The number of aryl methyl sites for hydroxylation is 1. The molecule has 3 amide bonds. The summed E-state index contributed by atoms with van der Waals surface area (Å²) in [6.07, 6.45) is 1.84. The summed E-state index contributed by atoms with van der Waals surface area (Å²) < 4.78 is 0. The molecule has 224 valence electrons. The fourth-order valence-electron chi connectivity index (χ4n) is 5.99. The van der Waals surface area contributed by atoms with Crippen LogP contribution in [0.15, 0.2) is 60.8 Å². The number of alkyl halides is 1. The van der Waals surface area contributed by atoms with Crippen molar-refractivity contribution in [1.82, 2.24) is 20.4 Å². The van der Waals surface area contributed by atoms with Crippen molar-refractivity contribution >= 4 is 85.8 Å². The summed E-state index contributed by atoms with van der Waals surface area (Å²) in [6.45, 7) is 2.35. The minimum absolute atomic E-state index is 0. The van der Waals surface area contributed by atoms with Gasteiger partial charge in [0, 0.05) is 69.0 Å². The molecule has 0 saturated heterocycles. The molecule has 11 nitrogen and oxygen atoms in total. The van der Waals surface area contributed by atoms with E-state index in [0.29, 0.717) is 57.2 Å². The van der Waals surface area contributed by atoms with Crippen LogP contribution in [0, 0.1) is 6.92 Å². The lowest BCUT2D eigenvalue weighted by atomic mass is 9.97. The van der Waals surface area contributed by atoms with Crippen LogP contribution in [0.25, 0.3) is 32.7 Å². The van der Waals surface area contributed by atoms with E-state index in [1.165, 1.54) is 0 Å². The molecule has 4 heterocycles. The van der Waals surface area contributed by atoms with Gasteiger partial charge in [0.1, 0.15) is 17.1 Å². The van der Waals surface area contributed by atoms with Gasteiger partial charge in [-0.1, -0.05) is 0 Å². The van der Waals surface area contributed by atoms with E-state index in [2.05, 4.69) is 25.7 Å². The number of carbonyl (C=O) groups is 3. The van der Waals surface area contributed by atoms with Gasteiger partial charge in [-0.3, -0.25) is 19.8 Å². The molecule has 7 rings (SSSR count). The van der Waals surface area contributed by atoms with Gasteiger partial charge >= 0.3 is 0 Å². The number of fused-ring (bicyclic) bond motifs is 5. The number of nitrogen functional groups attached to an aromatic ring is 1. The summed E-state index contributed by atoms with van der Waals surface area (Å²) in [5.74, 6) is 4.51. The van der Waals surface area contributed by atoms with Crippen molar-refractivity contribution in [2.45, 2.75) is 12.8 Å². The van der Waals surface area contributed by atoms with Crippen LogP contribution in [0.3, 0.4) is 0 Å². The Balaban J connectivity index is 0.00000343. The summed E-state index contributed by atoms with van der Waals surface area (Å²) in [4.78, 5) is 49.7. The molecule has 0 unspecified atom stereocenters. The van der Waals surface area contributed by atoms with Gasteiger partial charge in [0.2, 0.25) is 0 Å². The van der Waals surface area contributed by atoms with Gasteiger partial charge in [0.25, 0.3) is 17.7 Å². The number of phenolic OH excluding ortho intramolecular Hbond substituents is 1. The van der Waals surface area contributed by atoms with E-state index in [1.54, 1.807) is 59.5 Å². The van der Waals surface area contributed by atoms with Gasteiger partial charge in [0.15, 0.2) is 0 Å². The van der Waals surface area contributed by atoms with Crippen LogP contribution < -0.4 is 21.5 Å². The lowest BCUT2D eigenvalue weighted by Crippen LogP contribution is -2.30. The van der Waals surface area contributed by atoms with Crippen LogP contribution in [0.2, 0.25) is 0 Å². The molecular formula is C31H27Cl2N7O4. The highest BCUT2D eigenvalue weighted by Gasteiger charge is 2.36. The van der Waals surface area contributed by atoms with Crippen molar-refractivity contribution in [2.75, 3.05) is 22.6 Å². The molecule has 1 atom stereocenters. The predicted octanol–water partition coefficient (Wildman–Crippen LogP) is 5.40. The number of benzene rings is 3. The van der Waals surface area contributed by atoms with Crippen molar-refractivity contribution in [3.8, 4) is 5.75 Å². The van der Waals surface area contributed by atoms with Crippen molar-refractivity contribution in [1.29, 1.82) is 0 Å². The third kappa shape index (κ3) is 4.62. The van der Waals surface area contributed by atoms with Gasteiger partial charge < -0.3 is 30.3 Å². The van der Waals surface area contributed by atoms with E-state index in [1.807, 2.05) is 13.1 Å². The first-order valence-corrected chi connectivity index (χ1v) is 14.1. The topological polar surface area (TPSA) is 172 Å². The van der Waals surface area contributed by atoms with Crippen LogP contribution >= 0.6 is 24.0 Å². The van der Waals surface area contributed by atoms with Crippen molar-refractivity contribution in [3.05, 3.63) is 88.9 Å². The van der Waals surface area contributed by atoms with Crippen LogP contribution in [0.4, 0.5) is 11.4 Å².